The van der Waals surface area contributed by atoms with Crippen LogP contribution in [0, 0.1) is 13.8 Å². The Morgan fingerprint density at radius 3 is 2.45 bits per heavy atom. The number of rotatable bonds is 8. The number of para-hydroxylation sites is 1. The zero-order chi connectivity index (χ0) is 16.7. The minimum Gasteiger partial charge on any atom is -0.491 e. The van der Waals surface area contributed by atoms with E-state index in [9.17, 15) is 9.59 Å². The molecule has 0 heterocycles. The molecule has 2 N–H and O–H groups in total. The Balaban J connectivity index is 2.33. The van der Waals surface area contributed by atoms with Crippen LogP contribution in [0.25, 0.3) is 0 Å². The Morgan fingerprint density at radius 2 is 1.91 bits per heavy atom. The number of benzene rings is 1. The van der Waals surface area contributed by atoms with E-state index in [1.807, 2.05) is 32.0 Å². The van der Waals surface area contributed by atoms with E-state index < -0.39 is 12.0 Å². The van der Waals surface area contributed by atoms with E-state index in [-0.39, 0.29) is 12.5 Å². The molecule has 1 atom stereocenters. The quantitative estimate of drug-likeness (QED) is 0.706. The van der Waals surface area contributed by atoms with E-state index >= 15 is 0 Å². The van der Waals surface area contributed by atoms with Crippen LogP contribution in [0.2, 0.25) is 0 Å². The van der Waals surface area contributed by atoms with Crippen molar-refractivity contribution in [1.82, 2.24) is 10.2 Å². The summed E-state index contributed by atoms with van der Waals surface area (Å²) in [7, 11) is 1.60. The first-order valence-corrected chi connectivity index (χ1v) is 7.21. The van der Waals surface area contributed by atoms with E-state index in [0.717, 1.165) is 16.9 Å². The molecule has 0 aliphatic carbocycles. The average molecular weight is 308 g/mol. The summed E-state index contributed by atoms with van der Waals surface area (Å²) in [5, 5.41) is 11.6. The van der Waals surface area contributed by atoms with Crippen LogP contribution >= 0.6 is 0 Å². The highest BCUT2D eigenvalue weighted by atomic mass is 16.5. The van der Waals surface area contributed by atoms with Crippen molar-refractivity contribution in [3.8, 4) is 5.75 Å². The van der Waals surface area contributed by atoms with Crippen LogP contribution in [0.5, 0.6) is 5.75 Å². The summed E-state index contributed by atoms with van der Waals surface area (Å²) in [5.74, 6) is -0.331. The number of carboxylic acid groups (broad SMARTS) is 1. The molecule has 122 valence electrons. The first kappa shape index (κ1) is 18.0. The lowest BCUT2D eigenvalue weighted by Crippen LogP contribution is -2.43. The van der Waals surface area contributed by atoms with Crippen molar-refractivity contribution in [1.29, 1.82) is 0 Å². The molecule has 1 rings (SSSR count). The first-order chi connectivity index (χ1) is 10.3. The second-order valence-corrected chi connectivity index (χ2v) is 5.35. The predicted molar refractivity (Wildman–Crippen MR) is 84.1 cm³/mol. The molecule has 0 aromatic heterocycles. The van der Waals surface area contributed by atoms with Gasteiger partial charge in [0.25, 0.3) is 0 Å². The third kappa shape index (κ3) is 5.37. The molecule has 0 radical (unpaired) electrons. The Kier molecular flexibility index (Phi) is 6.85. The smallest absolute Gasteiger partial charge is 0.320 e. The molecule has 22 heavy (non-hydrogen) atoms. The lowest BCUT2D eigenvalue weighted by molar-refractivity contribution is -0.142. The molecule has 6 nitrogen and oxygen atoms in total. The van der Waals surface area contributed by atoms with Gasteiger partial charge in [-0.2, -0.15) is 0 Å². The largest absolute Gasteiger partial charge is 0.491 e. The molecule has 0 fully saturated rings. The number of carbonyl (C=O) groups is 2. The van der Waals surface area contributed by atoms with Gasteiger partial charge in [0.1, 0.15) is 18.4 Å². The Morgan fingerprint density at radius 1 is 1.32 bits per heavy atom. The highest BCUT2D eigenvalue weighted by molar-refractivity contribution is 5.79. The molecule has 1 aromatic carbocycles. The maximum Gasteiger partial charge on any atom is 0.320 e. The lowest BCUT2D eigenvalue weighted by atomic mass is 10.1. The third-order valence-corrected chi connectivity index (χ3v) is 3.49. The number of nitrogens with one attached hydrogen (secondary N) is 1. The van der Waals surface area contributed by atoms with Gasteiger partial charge in [-0.3, -0.25) is 14.5 Å². The summed E-state index contributed by atoms with van der Waals surface area (Å²) in [6, 6.07) is 5.22. The second kappa shape index (κ2) is 8.38. The summed E-state index contributed by atoms with van der Waals surface area (Å²) in [6.45, 7) is 6.28. The van der Waals surface area contributed by atoms with Crippen molar-refractivity contribution in [2.24, 2.45) is 0 Å². The van der Waals surface area contributed by atoms with Gasteiger partial charge in [-0.15, -0.1) is 0 Å². The number of carbonyl (C=O) groups excluding carboxylic acids is 1. The standard InChI is InChI=1S/C16H24N2O4/c1-11-6-5-7-12(2)15(11)22-9-8-17-14(19)10-18(4)13(3)16(20)21/h5-7,13H,8-10H2,1-4H3,(H,17,19)(H,20,21). The van der Waals surface area contributed by atoms with E-state index in [1.165, 1.54) is 4.90 Å². The summed E-state index contributed by atoms with van der Waals surface area (Å²) < 4.78 is 5.69. The third-order valence-electron chi connectivity index (χ3n) is 3.49. The zero-order valence-corrected chi connectivity index (χ0v) is 13.5. The fourth-order valence-electron chi connectivity index (χ4n) is 1.98. The van der Waals surface area contributed by atoms with Gasteiger partial charge in [-0.25, -0.2) is 0 Å². The fraction of sp³-hybridized carbons (Fsp3) is 0.500. The molecule has 1 unspecified atom stereocenters. The summed E-state index contributed by atoms with van der Waals surface area (Å²) in [4.78, 5) is 24.0. The molecule has 0 saturated carbocycles. The monoisotopic (exact) mass is 308 g/mol. The Hall–Kier alpha value is -2.08. The highest BCUT2D eigenvalue weighted by Crippen LogP contribution is 2.21. The van der Waals surface area contributed by atoms with Crippen molar-refractivity contribution in [2.75, 3.05) is 26.7 Å². The van der Waals surface area contributed by atoms with Crippen molar-refractivity contribution in [3.63, 3.8) is 0 Å². The topological polar surface area (TPSA) is 78.9 Å². The van der Waals surface area contributed by atoms with Crippen LogP contribution in [-0.4, -0.2) is 54.7 Å². The van der Waals surface area contributed by atoms with Crippen LogP contribution < -0.4 is 10.1 Å². The summed E-state index contributed by atoms with van der Waals surface area (Å²) >= 11 is 0. The van der Waals surface area contributed by atoms with Gasteiger partial charge in [-0.05, 0) is 38.9 Å². The van der Waals surface area contributed by atoms with Gasteiger partial charge < -0.3 is 15.2 Å². The lowest BCUT2D eigenvalue weighted by Gasteiger charge is -2.20. The van der Waals surface area contributed by atoms with Gasteiger partial charge in [0, 0.05) is 0 Å². The summed E-state index contributed by atoms with van der Waals surface area (Å²) in [6.07, 6.45) is 0. The Labute approximate surface area is 131 Å². The van der Waals surface area contributed by atoms with Crippen molar-refractivity contribution < 1.29 is 19.4 Å². The van der Waals surface area contributed by atoms with Gasteiger partial charge in [-0.1, -0.05) is 18.2 Å². The van der Waals surface area contributed by atoms with Gasteiger partial charge in [0.05, 0.1) is 13.1 Å². The molecular weight excluding hydrogens is 284 g/mol. The number of aliphatic carboxylic acids is 1. The Bertz CT molecular complexity index is 511. The molecule has 1 amide bonds. The number of carboxylic acids is 1. The van der Waals surface area contributed by atoms with Gasteiger partial charge in [0.2, 0.25) is 5.91 Å². The second-order valence-electron chi connectivity index (χ2n) is 5.35. The number of hydrogen-bond acceptors (Lipinski definition) is 4. The molecule has 0 bridgehead atoms. The van der Waals surface area contributed by atoms with Crippen molar-refractivity contribution in [3.05, 3.63) is 29.3 Å². The number of likely N-dealkylation sites (N-methyl/N-ethyl adjacent to an activating group) is 1. The molecule has 0 spiro atoms. The average Bonchev–Trinajstić information content (AvgIpc) is 2.44. The van der Waals surface area contributed by atoms with Gasteiger partial charge >= 0.3 is 5.97 Å². The van der Waals surface area contributed by atoms with E-state index in [1.54, 1.807) is 14.0 Å². The minimum atomic E-state index is -0.950. The van der Waals surface area contributed by atoms with Crippen molar-refractivity contribution >= 4 is 11.9 Å². The molecule has 0 aliphatic rings. The van der Waals surface area contributed by atoms with Crippen LogP contribution in [0.4, 0.5) is 0 Å². The van der Waals surface area contributed by atoms with E-state index in [0.29, 0.717) is 13.2 Å². The van der Waals surface area contributed by atoms with E-state index in [4.69, 9.17) is 9.84 Å². The fourth-order valence-corrected chi connectivity index (χ4v) is 1.98. The number of ether oxygens (including phenoxy) is 1. The number of aryl methyl sites for hydroxylation is 2. The summed E-state index contributed by atoms with van der Waals surface area (Å²) in [5.41, 5.74) is 2.11. The van der Waals surface area contributed by atoms with E-state index in [2.05, 4.69) is 5.32 Å². The SMILES string of the molecule is Cc1cccc(C)c1OCCNC(=O)CN(C)C(C)C(=O)O. The van der Waals surface area contributed by atoms with Crippen molar-refractivity contribution in [2.45, 2.75) is 26.8 Å². The highest BCUT2D eigenvalue weighted by Gasteiger charge is 2.18. The van der Waals surface area contributed by atoms with Crippen LogP contribution in [0.3, 0.4) is 0 Å². The van der Waals surface area contributed by atoms with Crippen LogP contribution in [0.15, 0.2) is 18.2 Å². The maximum atomic E-state index is 11.7. The zero-order valence-electron chi connectivity index (χ0n) is 13.5. The number of amides is 1. The van der Waals surface area contributed by atoms with Gasteiger partial charge in [0.15, 0.2) is 0 Å². The predicted octanol–water partition coefficient (Wildman–Crippen LogP) is 1.20. The molecular formula is C16H24N2O4. The maximum absolute atomic E-state index is 11.7. The van der Waals surface area contributed by atoms with Crippen LogP contribution in [0.1, 0.15) is 18.1 Å². The molecule has 0 saturated heterocycles. The molecule has 6 heteroatoms. The first-order valence-electron chi connectivity index (χ1n) is 7.21. The minimum absolute atomic E-state index is 0.0386. The normalized spacial score (nSPS) is 12.0. The van der Waals surface area contributed by atoms with Crippen LogP contribution in [-0.2, 0) is 9.59 Å². The molecule has 0 aliphatic heterocycles. The number of nitrogens with zero attached hydrogens (tertiary/aromatic N) is 1. The number of hydrogen-bond donors (Lipinski definition) is 2. The molecule has 1 aromatic rings.